The van der Waals surface area contributed by atoms with E-state index in [2.05, 4.69) is 40.1 Å². The van der Waals surface area contributed by atoms with Crippen molar-refractivity contribution in [1.29, 1.82) is 0 Å². The second kappa shape index (κ2) is 4.97. The number of aromatic nitrogens is 1. The van der Waals surface area contributed by atoms with E-state index in [9.17, 15) is 0 Å². The highest BCUT2D eigenvalue weighted by atomic mass is 79.9. The Morgan fingerprint density at radius 2 is 2.42 bits per heavy atom. The number of hydrogen-bond donors (Lipinski definition) is 0. The number of rotatable bonds is 4. The summed E-state index contributed by atoms with van der Waals surface area (Å²) in [5.74, 6) is 0. The second-order valence-corrected chi connectivity index (χ2v) is 5.66. The Hall–Kier alpha value is 0.110. The van der Waals surface area contributed by atoms with E-state index in [0.717, 1.165) is 6.42 Å². The highest BCUT2D eigenvalue weighted by molar-refractivity contribution is 9.09. The van der Waals surface area contributed by atoms with Gasteiger partial charge in [-0.25, -0.2) is 4.98 Å². The molecule has 0 aliphatic heterocycles. The van der Waals surface area contributed by atoms with E-state index in [1.165, 1.54) is 23.5 Å². The van der Waals surface area contributed by atoms with Gasteiger partial charge >= 0.3 is 0 Å². The topological polar surface area (TPSA) is 12.9 Å². The first-order chi connectivity index (χ1) is 5.68. The smallest absolute Gasteiger partial charge is 0.0897 e. The summed E-state index contributed by atoms with van der Waals surface area (Å²) in [6, 6.07) is 0. The summed E-state index contributed by atoms with van der Waals surface area (Å²) in [4.78, 5) is 5.05. The molecular weight excluding hydrogens is 234 g/mol. The SMILES string of the molecule is Cc1nc(CCCC(C)Br)cs1. The fourth-order valence-corrected chi connectivity index (χ4v) is 2.06. The highest BCUT2D eigenvalue weighted by Crippen LogP contribution is 2.13. The molecule has 1 atom stereocenters. The molecule has 12 heavy (non-hydrogen) atoms. The number of alkyl halides is 1. The Morgan fingerprint density at radius 3 is 2.92 bits per heavy atom. The van der Waals surface area contributed by atoms with Crippen molar-refractivity contribution >= 4 is 27.3 Å². The number of thiazole rings is 1. The Bertz CT molecular complexity index is 232. The Balaban J connectivity index is 2.24. The van der Waals surface area contributed by atoms with Gasteiger partial charge in [-0.2, -0.15) is 0 Å². The third kappa shape index (κ3) is 3.68. The van der Waals surface area contributed by atoms with Crippen LogP contribution in [0.4, 0.5) is 0 Å². The van der Waals surface area contributed by atoms with Crippen LogP contribution in [0.15, 0.2) is 5.38 Å². The Morgan fingerprint density at radius 1 is 1.67 bits per heavy atom. The molecule has 68 valence electrons. The van der Waals surface area contributed by atoms with Gasteiger partial charge in [0.05, 0.1) is 10.7 Å². The van der Waals surface area contributed by atoms with Gasteiger partial charge in [0.25, 0.3) is 0 Å². The first-order valence-electron chi connectivity index (χ1n) is 4.23. The molecule has 0 amide bonds. The lowest BCUT2D eigenvalue weighted by molar-refractivity contribution is 0.726. The molecule has 1 heterocycles. The molecule has 0 radical (unpaired) electrons. The van der Waals surface area contributed by atoms with Gasteiger partial charge in [-0.1, -0.05) is 22.9 Å². The van der Waals surface area contributed by atoms with Crippen LogP contribution in [0.2, 0.25) is 0 Å². The van der Waals surface area contributed by atoms with Crippen molar-refractivity contribution in [2.24, 2.45) is 0 Å². The summed E-state index contributed by atoms with van der Waals surface area (Å²) in [6.07, 6.45) is 3.59. The van der Waals surface area contributed by atoms with E-state index in [0.29, 0.717) is 4.83 Å². The summed E-state index contributed by atoms with van der Waals surface area (Å²) >= 11 is 5.28. The average Bonchev–Trinajstić information content (AvgIpc) is 2.35. The van der Waals surface area contributed by atoms with Crippen molar-refractivity contribution in [2.75, 3.05) is 0 Å². The molecule has 0 bridgehead atoms. The maximum Gasteiger partial charge on any atom is 0.0897 e. The molecule has 1 aromatic rings. The monoisotopic (exact) mass is 247 g/mol. The van der Waals surface area contributed by atoms with Gasteiger partial charge in [0.15, 0.2) is 0 Å². The summed E-state index contributed by atoms with van der Waals surface area (Å²) in [7, 11) is 0. The summed E-state index contributed by atoms with van der Waals surface area (Å²) in [5, 5.41) is 3.34. The molecule has 0 fully saturated rings. The lowest BCUT2D eigenvalue weighted by atomic mass is 10.2. The van der Waals surface area contributed by atoms with Gasteiger partial charge in [0.1, 0.15) is 0 Å². The van der Waals surface area contributed by atoms with Gasteiger partial charge in [0, 0.05) is 10.2 Å². The number of aryl methyl sites for hydroxylation is 2. The molecule has 0 saturated carbocycles. The van der Waals surface area contributed by atoms with E-state index < -0.39 is 0 Å². The molecular formula is C9H14BrNS. The number of hydrogen-bond acceptors (Lipinski definition) is 2. The van der Waals surface area contributed by atoms with Crippen LogP contribution in [-0.2, 0) is 6.42 Å². The van der Waals surface area contributed by atoms with Gasteiger partial charge in [-0.3, -0.25) is 0 Å². The fraction of sp³-hybridized carbons (Fsp3) is 0.667. The van der Waals surface area contributed by atoms with Crippen LogP contribution in [0.1, 0.15) is 30.5 Å². The molecule has 1 nitrogen and oxygen atoms in total. The van der Waals surface area contributed by atoms with E-state index in [1.54, 1.807) is 11.3 Å². The number of halogens is 1. The maximum absolute atomic E-state index is 4.41. The minimum Gasteiger partial charge on any atom is -0.247 e. The van der Waals surface area contributed by atoms with Crippen molar-refractivity contribution in [1.82, 2.24) is 4.98 Å². The molecule has 0 aliphatic rings. The zero-order valence-electron chi connectivity index (χ0n) is 7.51. The van der Waals surface area contributed by atoms with Crippen LogP contribution < -0.4 is 0 Å². The third-order valence-electron chi connectivity index (χ3n) is 1.70. The zero-order chi connectivity index (χ0) is 8.97. The normalized spacial score (nSPS) is 13.2. The quantitative estimate of drug-likeness (QED) is 0.742. The average molecular weight is 248 g/mol. The second-order valence-electron chi connectivity index (χ2n) is 3.03. The van der Waals surface area contributed by atoms with Crippen molar-refractivity contribution < 1.29 is 0 Å². The lowest BCUT2D eigenvalue weighted by Crippen LogP contribution is -1.92. The minimum absolute atomic E-state index is 0.636. The van der Waals surface area contributed by atoms with Crippen molar-refractivity contribution in [3.05, 3.63) is 16.1 Å². The summed E-state index contributed by atoms with van der Waals surface area (Å²) in [6.45, 7) is 4.24. The standard InChI is InChI=1S/C9H14BrNS/c1-7(10)4-3-5-9-6-12-8(2)11-9/h6-7H,3-5H2,1-2H3. The van der Waals surface area contributed by atoms with Crippen LogP contribution in [0.25, 0.3) is 0 Å². The Kier molecular flexibility index (Phi) is 4.22. The molecule has 1 aromatic heterocycles. The zero-order valence-corrected chi connectivity index (χ0v) is 9.91. The molecule has 0 saturated heterocycles. The fourth-order valence-electron chi connectivity index (χ4n) is 1.09. The lowest BCUT2D eigenvalue weighted by Gasteiger charge is -1.99. The molecule has 0 aromatic carbocycles. The largest absolute Gasteiger partial charge is 0.247 e. The highest BCUT2D eigenvalue weighted by Gasteiger charge is 1.99. The van der Waals surface area contributed by atoms with E-state index in [4.69, 9.17) is 0 Å². The first-order valence-corrected chi connectivity index (χ1v) is 6.03. The summed E-state index contributed by atoms with van der Waals surface area (Å²) in [5.41, 5.74) is 1.26. The van der Waals surface area contributed by atoms with E-state index in [-0.39, 0.29) is 0 Å². The van der Waals surface area contributed by atoms with Crippen LogP contribution in [0.3, 0.4) is 0 Å². The maximum atomic E-state index is 4.41. The van der Waals surface area contributed by atoms with E-state index in [1.807, 2.05) is 0 Å². The van der Waals surface area contributed by atoms with Crippen LogP contribution in [0, 0.1) is 6.92 Å². The van der Waals surface area contributed by atoms with Crippen molar-refractivity contribution in [2.45, 2.75) is 37.9 Å². The molecule has 1 rings (SSSR count). The molecule has 3 heteroatoms. The first kappa shape index (κ1) is 10.2. The predicted octanol–water partition coefficient (Wildman–Crippen LogP) is 3.56. The Labute approximate surface area is 86.3 Å². The van der Waals surface area contributed by atoms with Crippen LogP contribution in [0.5, 0.6) is 0 Å². The van der Waals surface area contributed by atoms with Gasteiger partial charge < -0.3 is 0 Å². The molecule has 0 spiro atoms. The summed E-state index contributed by atoms with van der Waals surface area (Å²) < 4.78 is 0. The molecule has 0 aliphatic carbocycles. The van der Waals surface area contributed by atoms with Crippen LogP contribution >= 0.6 is 27.3 Å². The molecule has 0 N–H and O–H groups in total. The predicted molar refractivity (Wildman–Crippen MR) is 58.2 cm³/mol. The van der Waals surface area contributed by atoms with Crippen molar-refractivity contribution in [3.8, 4) is 0 Å². The van der Waals surface area contributed by atoms with Gasteiger partial charge in [-0.05, 0) is 26.2 Å². The number of nitrogens with zero attached hydrogens (tertiary/aromatic N) is 1. The van der Waals surface area contributed by atoms with Gasteiger partial charge in [0.2, 0.25) is 0 Å². The molecule has 1 unspecified atom stereocenters. The van der Waals surface area contributed by atoms with E-state index >= 15 is 0 Å². The van der Waals surface area contributed by atoms with Crippen LogP contribution in [-0.4, -0.2) is 9.81 Å². The van der Waals surface area contributed by atoms with Gasteiger partial charge in [-0.15, -0.1) is 11.3 Å². The van der Waals surface area contributed by atoms with Crippen molar-refractivity contribution in [3.63, 3.8) is 0 Å². The third-order valence-corrected chi connectivity index (χ3v) is 2.98. The minimum atomic E-state index is 0.636.